The summed E-state index contributed by atoms with van der Waals surface area (Å²) in [6, 6.07) is 18.8. The fourth-order valence-corrected chi connectivity index (χ4v) is 5.44. The number of thiazole rings is 1. The van der Waals surface area contributed by atoms with Crippen molar-refractivity contribution in [3.8, 4) is 5.75 Å². The van der Waals surface area contributed by atoms with Crippen molar-refractivity contribution < 1.29 is 19.4 Å². The van der Waals surface area contributed by atoms with Gasteiger partial charge in [-0.1, -0.05) is 59.7 Å². The number of ether oxygens (including phenoxy) is 1. The molecule has 5 rings (SSSR count). The van der Waals surface area contributed by atoms with Crippen LogP contribution in [0.25, 0.3) is 16.0 Å². The van der Waals surface area contributed by atoms with E-state index in [9.17, 15) is 14.7 Å². The van der Waals surface area contributed by atoms with Gasteiger partial charge in [0, 0.05) is 10.6 Å². The molecule has 0 bridgehead atoms. The highest BCUT2D eigenvalue weighted by Gasteiger charge is 2.48. The van der Waals surface area contributed by atoms with E-state index >= 15 is 0 Å². The van der Waals surface area contributed by atoms with Gasteiger partial charge in [-0.3, -0.25) is 14.5 Å². The van der Waals surface area contributed by atoms with Gasteiger partial charge < -0.3 is 9.84 Å². The van der Waals surface area contributed by atoms with Crippen LogP contribution in [-0.2, 0) is 9.59 Å². The molecule has 36 heavy (non-hydrogen) atoms. The first-order valence-corrected chi connectivity index (χ1v) is 12.7. The molecule has 1 fully saturated rings. The maximum absolute atomic E-state index is 13.4. The van der Waals surface area contributed by atoms with Crippen LogP contribution in [0.15, 0.2) is 72.3 Å². The fraction of sp³-hybridized carbons (Fsp3) is 0.179. The molecule has 1 aliphatic heterocycles. The van der Waals surface area contributed by atoms with Gasteiger partial charge in [0.15, 0.2) is 5.13 Å². The zero-order valence-electron chi connectivity index (χ0n) is 19.7. The van der Waals surface area contributed by atoms with E-state index < -0.39 is 17.7 Å². The number of aryl methyl sites for hydroxylation is 1. The highest BCUT2D eigenvalue weighted by molar-refractivity contribution is 7.22. The number of hydrogen-bond donors (Lipinski definition) is 1. The Morgan fingerprint density at radius 2 is 1.81 bits per heavy atom. The predicted molar refractivity (Wildman–Crippen MR) is 143 cm³/mol. The summed E-state index contributed by atoms with van der Waals surface area (Å²) in [5, 5.41) is 12.2. The smallest absolute Gasteiger partial charge is 0.301 e. The van der Waals surface area contributed by atoms with Gasteiger partial charge in [0.25, 0.3) is 5.78 Å². The summed E-state index contributed by atoms with van der Waals surface area (Å²) >= 11 is 7.42. The first kappa shape index (κ1) is 24.0. The molecule has 8 heteroatoms. The summed E-state index contributed by atoms with van der Waals surface area (Å²) in [6.45, 7) is 4.56. The van der Waals surface area contributed by atoms with Gasteiger partial charge in [0.2, 0.25) is 0 Å². The molecule has 182 valence electrons. The first-order chi connectivity index (χ1) is 17.4. The number of aliphatic hydroxyl groups excluding tert-OH is 1. The van der Waals surface area contributed by atoms with Gasteiger partial charge in [-0.15, -0.1) is 0 Å². The fourth-order valence-electron chi connectivity index (χ4n) is 4.17. The minimum Gasteiger partial charge on any atom is -0.507 e. The van der Waals surface area contributed by atoms with Gasteiger partial charge in [0.1, 0.15) is 11.5 Å². The molecule has 0 aliphatic carbocycles. The molecular formula is C28H23ClN2O4S. The van der Waals surface area contributed by atoms with Crippen molar-refractivity contribution >= 4 is 55.7 Å². The van der Waals surface area contributed by atoms with Crippen LogP contribution in [0.2, 0.25) is 5.02 Å². The maximum atomic E-state index is 13.4. The quantitative estimate of drug-likeness (QED) is 0.175. The summed E-state index contributed by atoms with van der Waals surface area (Å²) in [4.78, 5) is 32.7. The van der Waals surface area contributed by atoms with Crippen LogP contribution in [0.4, 0.5) is 5.13 Å². The Morgan fingerprint density at radius 3 is 2.50 bits per heavy atom. The molecule has 4 aromatic rings. The molecule has 0 saturated carbocycles. The summed E-state index contributed by atoms with van der Waals surface area (Å²) in [5.74, 6) is -1.08. The van der Waals surface area contributed by atoms with Crippen molar-refractivity contribution in [2.75, 3.05) is 11.5 Å². The number of aromatic nitrogens is 1. The molecule has 1 unspecified atom stereocenters. The Hall–Kier alpha value is -3.68. The van der Waals surface area contributed by atoms with Crippen LogP contribution >= 0.6 is 22.9 Å². The van der Waals surface area contributed by atoms with Crippen molar-refractivity contribution in [3.63, 3.8) is 0 Å². The third-order valence-corrected chi connectivity index (χ3v) is 7.24. The van der Waals surface area contributed by atoms with Crippen LogP contribution in [0.1, 0.15) is 36.1 Å². The molecule has 1 saturated heterocycles. The molecule has 0 spiro atoms. The van der Waals surface area contributed by atoms with E-state index in [0.29, 0.717) is 39.2 Å². The molecule has 1 N–H and O–H groups in total. The second kappa shape index (κ2) is 9.76. The Balaban J connectivity index is 1.65. The molecular weight excluding hydrogens is 496 g/mol. The number of fused-ring (bicyclic) bond motifs is 1. The number of carbonyl (C=O) groups excluding carboxylic acids is 2. The largest absolute Gasteiger partial charge is 0.507 e. The molecule has 1 aromatic heterocycles. The van der Waals surface area contributed by atoms with E-state index in [-0.39, 0.29) is 11.3 Å². The van der Waals surface area contributed by atoms with Crippen molar-refractivity contribution in [1.29, 1.82) is 0 Å². The van der Waals surface area contributed by atoms with Crippen LogP contribution in [0, 0.1) is 6.92 Å². The summed E-state index contributed by atoms with van der Waals surface area (Å²) < 4.78 is 6.42. The maximum Gasteiger partial charge on any atom is 0.301 e. The molecule has 1 aliphatic rings. The zero-order valence-corrected chi connectivity index (χ0v) is 21.3. The number of amides is 1. The Labute approximate surface area is 217 Å². The second-order valence-corrected chi connectivity index (χ2v) is 10.0. The Kier molecular flexibility index (Phi) is 6.51. The lowest BCUT2D eigenvalue weighted by molar-refractivity contribution is -0.132. The van der Waals surface area contributed by atoms with E-state index in [1.54, 1.807) is 42.5 Å². The third-order valence-electron chi connectivity index (χ3n) is 5.98. The molecule has 1 amide bonds. The van der Waals surface area contributed by atoms with Gasteiger partial charge in [-0.05, 0) is 61.4 Å². The number of aliphatic hydroxyl groups is 1. The summed E-state index contributed by atoms with van der Waals surface area (Å²) in [7, 11) is 0. The van der Waals surface area contributed by atoms with E-state index in [1.807, 2.05) is 38.1 Å². The Morgan fingerprint density at radius 1 is 1.08 bits per heavy atom. The van der Waals surface area contributed by atoms with Crippen LogP contribution in [0.3, 0.4) is 0 Å². The highest BCUT2D eigenvalue weighted by atomic mass is 35.5. The van der Waals surface area contributed by atoms with E-state index in [0.717, 1.165) is 16.7 Å². The van der Waals surface area contributed by atoms with Crippen LogP contribution in [-0.4, -0.2) is 28.4 Å². The number of benzene rings is 3. The number of carbonyl (C=O) groups is 2. The molecule has 0 radical (unpaired) electrons. The van der Waals surface area contributed by atoms with E-state index in [4.69, 9.17) is 16.3 Å². The molecule has 6 nitrogen and oxygen atoms in total. The number of anilines is 1. The number of halogens is 1. The van der Waals surface area contributed by atoms with Crippen LogP contribution < -0.4 is 9.64 Å². The predicted octanol–water partition coefficient (Wildman–Crippen LogP) is 6.67. The lowest BCUT2D eigenvalue weighted by Gasteiger charge is -2.23. The minimum atomic E-state index is -0.836. The van der Waals surface area contributed by atoms with Gasteiger partial charge in [-0.25, -0.2) is 4.98 Å². The van der Waals surface area contributed by atoms with Crippen molar-refractivity contribution in [2.45, 2.75) is 26.3 Å². The van der Waals surface area contributed by atoms with Crippen molar-refractivity contribution in [3.05, 3.63) is 94.0 Å². The average molecular weight is 519 g/mol. The number of Topliss-reactive ketones (excluding diaryl/α,β-unsaturated/α-hetero) is 1. The number of rotatable bonds is 6. The lowest BCUT2D eigenvalue weighted by Crippen LogP contribution is -2.29. The third kappa shape index (κ3) is 4.36. The van der Waals surface area contributed by atoms with E-state index in [2.05, 4.69) is 4.98 Å². The summed E-state index contributed by atoms with van der Waals surface area (Å²) in [6.07, 6.45) is 0.875. The normalized spacial score (nSPS) is 17.2. The first-order valence-electron chi connectivity index (χ1n) is 11.5. The highest BCUT2D eigenvalue weighted by Crippen LogP contribution is 2.44. The zero-order chi connectivity index (χ0) is 25.4. The summed E-state index contributed by atoms with van der Waals surface area (Å²) in [5.41, 5.74) is 2.84. The van der Waals surface area contributed by atoms with Gasteiger partial charge in [0.05, 0.1) is 28.4 Å². The number of hydrogen-bond acceptors (Lipinski definition) is 6. The number of ketones is 1. The average Bonchev–Trinajstić information content (AvgIpc) is 3.40. The standard InChI is InChI=1S/C28H23ClN2O4S/c1-3-14-35-20-11-8-18(9-12-20)25(32)23-24(17-6-4-16(2)5-7-17)31(27(34)26(23)33)28-30-21-13-10-19(29)15-22(21)36-28/h4-13,15,24,32H,3,14H2,1-2H3/b25-23+. The SMILES string of the molecule is CCCOc1ccc(/C(O)=C2\C(=O)C(=O)N(c3nc4ccc(Cl)cc4s3)C2c2ccc(C)cc2)cc1. The minimum absolute atomic E-state index is 0.0170. The second-order valence-electron chi connectivity index (χ2n) is 8.56. The van der Waals surface area contributed by atoms with Crippen LogP contribution in [0.5, 0.6) is 5.75 Å². The van der Waals surface area contributed by atoms with Gasteiger partial charge >= 0.3 is 5.91 Å². The van der Waals surface area contributed by atoms with E-state index in [1.165, 1.54) is 16.2 Å². The number of nitrogens with zero attached hydrogens (tertiary/aromatic N) is 2. The van der Waals surface area contributed by atoms with Crippen molar-refractivity contribution in [1.82, 2.24) is 4.98 Å². The van der Waals surface area contributed by atoms with Gasteiger partial charge in [-0.2, -0.15) is 0 Å². The van der Waals surface area contributed by atoms with Crippen molar-refractivity contribution in [2.24, 2.45) is 0 Å². The Bertz CT molecular complexity index is 1490. The lowest BCUT2D eigenvalue weighted by atomic mass is 9.95. The molecule has 3 aromatic carbocycles. The molecule has 2 heterocycles. The monoisotopic (exact) mass is 518 g/mol. The molecule has 1 atom stereocenters. The topological polar surface area (TPSA) is 79.7 Å².